The van der Waals surface area contributed by atoms with Gasteiger partial charge in [-0.05, 0) is 34.7 Å². The number of hydrogen-bond donors (Lipinski definition) is 1. The second-order valence-electron chi connectivity index (χ2n) is 7.36. The molecule has 2 aromatic rings. The van der Waals surface area contributed by atoms with Crippen molar-refractivity contribution in [1.82, 2.24) is 5.32 Å². The largest absolute Gasteiger partial charge is 0.493 e. The summed E-state index contributed by atoms with van der Waals surface area (Å²) in [5.41, 5.74) is 2.55. The normalized spacial score (nSPS) is 10.9. The first-order valence-electron chi connectivity index (χ1n) is 9.00. The molecule has 150 valence electrons. The number of benzene rings is 2. The molecule has 2 rings (SSSR count). The Balaban J connectivity index is 1.84. The van der Waals surface area contributed by atoms with Crippen molar-refractivity contribution >= 4 is 11.9 Å². The zero-order valence-electron chi connectivity index (χ0n) is 17.0. The van der Waals surface area contributed by atoms with Gasteiger partial charge in [-0.1, -0.05) is 45.0 Å². The number of ether oxygens (including phenoxy) is 3. The molecule has 0 bridgehead atoms. The van der Waals surface area contributed by atoms with E-state index in [9.17, 15) is 9.59 Å². The molecule has 0 aliphatic rings. The highest BCUT2D eigenvalue weighted by molar-refractivity contribution is 5.96. The number of rotatable bonds is 7. The third-order valence-corrected chi connectivity index (χ3v) is 4.26. The number of esters is 1. The molecule has 6 heteroatoms. The summed E-state index contributed by atoms with van der Waals surface area (Å²) in [4.78, 5) is 24.1. The summed E-state index contributed by atoms with van der Waals surface area (Å²) in [7, 11) is 3.01. The van der Waals surface area contributed by atoms with Gasteiger partial charge in [-0.25, -0.2) is 0 Å². The van der Waals surface area contributed by atoms with Crippen molar-refractivity contribution in [3.63, 3.8) is 0 Å². The van der Waals surface area contributed by atoms with Crippen LogP contribution in [0.25, 0.3) is 0 Å². The van der Waals surface area contributed by atoms with Gasteiger partial charge < -0.3 is 19.5 Å². The van der Waals surface area contributed by atoms with Crippen LogP contribution in [0.1, 0.15) is 42.3 Å². The van der Waals surface area contributed by atoms with E-state index in [-0.39, 0.29) is 18.6 Å². The van der Waals surface area contributed by atoms with Crippen molar-refractivity contribution in [3.8, 4) is 11.5 Å². The van der Waals surface area contributed by atoms with Crippen molar-refractivity contribution in [1.29, 1.82) is 0 Å². The van der Waals surface area contributed by atoms with Gasteiger partial charge >= 0.3 is 5.97 Å². The van der Waals surface area contributed by atoms with E-state index in [4.69, 9.17) is 14.2 Å². The van der Waals surface area contributed by atoms with E-state index >= 15 is 0 Å². The third-order valence-electron chi connectivity index (χ3n) is 4.26. The first-order valence-corrected chi connectivity index (χ1v) is 9.00. The van der Waals surface area contributed by atoms with Crippen LogP contribution in [0.15, 0.2) is 42.5 Å². The van der Waals surface area contributed by atoms with Crippen LogP contribution in [-0.2, 0) is 21.6 Å². The van der Waals surface area contributed by atoms with E-state index in [1.54, 1.807) is 18.2 Å². The van der Waals surface area contributed by atoms with Crippen LogP contribution in [0.4, 0.5) is 0 Å². The standard InChI is InChI=1S/C22H27NO5/c1-22(2,3)17-9-6-15(7-10-17)14-28-20(24)13-23-21(25)16-8-11-18(26-4)19(12-16)27-5/h6-12H,13-14H2,1-5H3,(H,23,25). The van der Waals surface area contributed by atoms with Crippen LogP contribution in [0.5, 0.6) is 11.5 Å². The summed E-state index contributed by atoms with van der Waals surface area (Å²) < 4.78 is 15.5. The van der Waals surface area contributed by atoms with Crippen LogP contribution in [0, 0.1) is 0 Å². The fourth-order valence-electron chi connectivity index (χ4n) is 2.55. The molecule has 0 radical (unpaired) electrons. The molecule has 0 unspecified atom stereocenters. The van der Waals surface area contributed by atoms with Crippen LogP contribution in [-0.4, -0.2) is 32.6 Å². The predicted octanol–water partition coefficient (Wildman–Crippen LogP) is 3.47. The molecule has 0 fully saturated rings. The summed E-state index contributed by atoms with van der Waals surface area (Å²) in [6.45, 7) is 6.37. The summed E-state index contributed by atoms with van der Waals surface area (Å²) in [6, 6.07) is 12.7. The van der Waals surface area contributed by atoms with Crippen LogP contribution in [0.3, 0.4) is 0 Å². The molecule has 0 atom stereocenters. The Hall–Kier alpha value is -3.02. The zero-order chi connectivity index (χ0) is 20.7. The minimum Gasteiger partial charge on any atom is -0.493 e. The Morgan fingerprint density at radius 2 is 1.57 bits per heavy atom. The van der Waals surface area contributed by atoms with E-state index in [0.717, 1.165) is 5.56 Å². The summed E-state index contributed by atoms with van der Waals surface area (Å²) >= 11 is 0. The maximum absolute atomic E-state index is 12.2. The Bertz CT molecular complexity index is 822. The molecule has 0 aliphatic carbocycles. The molecule has 28 heavy (non-hydrogen) atoms. The lowest BCUT2D eigenvalue weighted by Gasteiger charge is -2.19. The predicted molar refractivity (Wildman–Crippen MR) is 107 cm³/mol. The van der Waals surface area contributed by atoms with E-state index in [1.807, 2.05) is 24.3 Å². The monoisotopic (exact) mass is 385 g/mol. The van der Waals surface area contributed by atoms with E-state index in [0.29, 0.717) is 17.1 Å². The lowest BCUT2D eigenvalue weighted by Crippen LogP contribution is -2.30. The van der Waals surface area contributed by atoms with Crippen molar-refractivity contribution < 1.29 is 23.8 Å². The second kappa shape index (κ2) is 9.26. The van der Waals surface area contributed by atoms with Crippen LogP contribution >= 0.6 is 0 Å². The first-order chi connectivity index (χ1) is 13.2. The molecular weight excluding hydrogens is 358 g/mol. The van der Waals surface area contributed by atoms with Crippen molar-refractivity contribution in [2.45, 2.75) is 32.8 Å². The van der Waals surface area contributed by atoms with Crippen LogP contribution < -0.4 is 14.8 Å². The Morgan fingerprint density at radius 1 is 0.929 bits per heavy atom. The lowest BCUT2D eigenvalue weighted by atomic mass is 9.87. The average Bonchev–Trinajstić information content (AvgIpc) is 2.69. The molecule has 1 amide bonds. The van der Waals surface area contributed by atoms with Crippen molar-refractivity contribution in [2.24, 2.45) is 0 Å². The topological polar surface area (TPSA) is 73.9 Å². The second-order valence-corrected chi connectivity index (χ2v) is 7.36. The maximum atomic E-state index is 12.2. The number of methoxy groups -OCH3 is 2. The highest BCUT2D eigenvalue weighted by Gasteiger charge is 2.14. The zero-order valence-corrected chi connectivity index (χ0v) is 17.0. The number of carbonyl (C=O) groups is 2. The minimum absolute atomic E-state index is 0.0730. The molecule has 1 N–H and O–H groups in total. The van der Waals surface area contributed by atoms with Gasteiger partial charge in [0.2, 0.25) is 0 Å². The number of amides is 1. The van der Waals surface area contributed by atoms with Crippen molar-refractivity contribution in [3.05, 3.63) is 59.2 Å². The molecule has 2 aromatic carbocycles. The molecular formula is C22H27NO5. The van der Waals surface area contributed by atoms with Gasteiger partial charge in [-0.3, -0.25) is 9.59 Å². The maximum Gasteiger partial charge on any atom is 0.325 e. The quantitative estimate of drug-likeness (QED) is 0.739. The molecule has 0 aromatic heterocycles. The summed E-state index contributed by atoms with van der Waals surface area (Å²) in [5, 5.41) is 2.54. The van der Waals surface area contributed by atoms with Gasteiger partial charge in [0, 0.05) is 5.56 Å². The average molecular weight is 385 g/mol. The third kappa shape index (κ3) is 5.74. The molecule has 0 aliphatic heterocycles. The summed E-state index contributed by atoms with van der Waals surface area (Å²) in [5.74, 6) is 0.0635. The fourth-order valence-corrected chi connectivity index (χ4v) is 2.55. The van der Waals surface area contributed by atoms with Gasteiger partial charge in [-0.15, -0.1) is 0 Å². The minimum atomic E-state index is -0.506. The molecule has 0 spiro atoms. The van der Waals surface area contributed by atoms with Gasteiger partial charge in [0.1, 0.15) is 13.2 Å². The highest BCUT2D eigenvalue weighted by Crippen LogP contribution is 2.27. The van der Waals surface area contributed by atoms with Gasteiger partial charge in [0.25, 0.3) is 5.91 Å². The summed E-state index contributed by atoms with van der Waals surface area (Å²) in [6.07, 6.45) is 0. The van der Waals surface area contributed by atoms with E-state index in [1.165, 1.54) is 19.8 Å². The SMILES string of the molecule is COc1ccc(C(=O)NCC(=O)OCc2ccc(C(C)(C)C)cc2)cc1OC. The van der Waals surface area contributed by atoms with Crippen LogP contribution in [0.2, 0.25) is 0 Å². The highest BCUT2D eigenvalue weighted by atomic mass is 16.5. The number of carbonyl (C=O) groups excluding carboxylic acids is 2. The number of hydrogen-bond acceptors (Lipinski definition) is 5. The van der Waals surface area contributed by atoms with Crippen molar-refractivity contribution in [2.75, 3.05) is 20.8 Å². The molecule has 0 saturated heterocycles. The molecule has 0 saturated carbocycles. The van der Waals surface area contributed by atoms with Gasteiger partial charge in [-0.2, -0.15) is 0 Å². The van der Waals surface area contributed by atoms with Gasteiger partial charge in [0.05, 0.1) is 14.2 Å². The number of nitrogens with one attached hydrogen (secondary N) is 1. The Labute approximate surface area is 165 Å². The first kappa shape index (κ1) is 21.3. The molecule has 6 nitrogen and oxygen atoms in total. The van der Waals surface area contributed by atoms with Gasteiger partial charge in [0.15, 0.2) is 11.5 Å². The smallest absolute Gasteiger partial charge is 0.325 e. The Morgan fingerprint density at radius 3 is 2.14 bits per heavy atom. The fraction of sp³-hybridized carbons (Fsp3) is 0.364. The lowest BCUT2D eigenvalue weighted by molar-refractivity contribution is -0.143. The van der Waals surface area contributed by atoms with E-state index < -0.39 is 11.9 Å². The Kier molecular flexibility index (Phi) is 7.04. The van der Waals surface area contributed by atoms with E-state index in [2.05, 4.69) is 26.1 Å². The molecule has 0 heterocycles.